The number of nitrogens with zero attached hydrogens (tertiary/aromatic N) is 2. The fraction of sp³-hybridized carbons (Fsp3) is 0.133. The summed E-state index contributed by atoms with van der Waals surface area (Å²) in [5.41, 5.74) is 2.86. The van der Waals surface area contributed by atoms with Crippen molar-refractivity contribution in [1.82, 2.24) is 9.55 Å². The van der Waals surface area contributed by atoms with Gasteiger partial charge in [0.2, 0.25) is 0 Å². The van der Waals surface area contributed by atoms with Gasteiger partial charge in [-0.3, -0.25) is 4.57 Å². The standard InChI is InChI=1S/C15H10Cl3FN2/c1-8-3-2-4-9(17)15(8)21-13-6-11(19)10(18)5-12(13)20-14(21)7-16/h2-6H,7H2,1H3. The molecular formula is C15H10Cl3FN2. The van der Waals surface area contributed by atoms with Crippen molar-refractivity contribution in [3.05, 3.63) is 57.6 Å². The highest BCUT2D eigenvalue weighted by molar-refractivity contribution is 6.33. The van der Waals surface area contributed by atoms with Gasteiger partial charge in [-0.25, -0.2) is 9.37 Å². The topological polar surface area (TPSA) is 17.8 Å². The highest BCUT2D eigenvalue weighted by atomic mass is 35.5. The molecular weight excluding hydrogens is 334 g/mol. The summed E-state index contributed by atoms with van der Waals surface area (Å²) in [6.07, 6.45) is 0. The molecule has 0 unspecified atom stereocenters. The predicted octanol–water partition coefficient (Wildman–Crippen LogP) is 5.52. The van der Waals surface area contributed by atoms with Gasteiger partial charge in [-0.15, -0.1) is 11.6 Å². The van der Waals surface area contributed by atoms with Crippen LogP contribution in [0.4, 0.5) is 4.39 Å². The van der Waals surface area contributed by atoms with Crippen LogP contribution in [-0.2, 0) is 5.88 Å². The molecule has 21 heavy (non-hydrogen) atoms. The van der Waals surface area contributed by atoms with E-state index in [4.69, 9.17) is 34.8 Å². The van der Waals surface area contributed by atoms with Crippen LogP contribution in [0.3, 0.4) is 0 Å². The minimum absolute atomic E-state index is 0.0316. The van der Waals surface area contributed by atoms with Crippen LogP contribution in [0, 0.1) is 12.7 Å². The van der Waals surface area contributed by atoms with E-state index in [1.54, 1.807) is 10.6 Å². The summed E-state index contributed by atoms with van der Waals surface area (Å²) in [7, 11) is 0. The largest absolute Gasteiger partial charge is 0.293 e. The first-order valence-electron chi connectivity index (χ1n) is 6.20. The van der Waals surface area contributed by atoms with Gasteiger partial charge in [0.25, 0.3) is 0 Å². The van der Waals surface area contributed by atoms with E-state index in [0.717, 1.165) is 11.3 Å². The summed E-state index contributed by atoms with van der Waals surface area (Å²) in [6.45, 7) is 1.93. The summed E-state index contributed by atoms with van der Waals surface area (Å²) >= 11 is 18.1. The number of fused-ring (bicyclic) bond motifs is 1. The Balaban J connectivity index is 2.43. The highest BCUT2D eigenvalue weighted by Crippen LogP contribution is 2.32. The van der Waals surface area contributed by atoms with Gasteiger partial charge in [0.15, 0.2) is 0 Å². The molecule has 2 aromatic carbocycles. The molecule has 0 aliphatic carbocycles. The minimum atomic E-state index is -0.504. The van der Waals surface area contributed by atoms with E-state index in [1.165, 1.54) is 12.1 Å². The molecule has 0 aliphatic heterocycles. The molecule has 0 saturated carbocycles. The zero-order valence-electron chi connectivity index (χ0n) is 11.0. The second-order valence-electron chi connectivity index (χ2n) is 4.66. The Hall–Kier alpha value is -1.29. The van der Waals surface area contributed by atoms with Gasteiger partial charge in [0.1, 0.15) is 11.6 Å². The molecule has 0 radical (unpaired) electrons. The first-order chi connectivity index (χ1) is 10.0. The van der Waals surface area contributed by atoms with E-state index in [1.807, 2.05) is 19.1 Å². The van der Waals surface area contributed by atoms with E-state index in [2.05, 4.69) is 4.98 Å². The number of rotatable bonds is 2. The average molecular weight is 344 g/mol. The summed E-state index contributed by atoms with van der Waals surface area (Å²) in [6, 6.07) is 8.41. The molecule has 0 fully saturated rings. The smallest absolute Gasteiger partial charge is 0.144 e. The van der Waals surface area contributed by atoms with E-state index in [9.17, 15) is 4.39 Å². The lowest BCUT2D eigenvalue weighted by Gasteiger charge is -2.13. The van der Waals surface area contributed by atoms with Crippen LogP contribution in [0.25, 0.3) is 16.7 Å². The Labute approximate surface area is 136 Å². The van der Waals surface area contributed by atoms with Gasteiger partial charge in [0, 0.05) is 6.07 Å². The Morgan fingerprint density at radius 2 is 1.95 bits per heavy atom. The van der Waals surface area contributed by atoms with Crippen molar-refractivity contribution >= 4 is 45.8 Å². The van der Waals surface area contributed by atoms with Gasteiger partial charge >= 0.3 is 0 Å². The van der Waals surface area contributed by atoms with Crippen molar-refractivity contribution in [2.45, 2.75) is 12.8 Å². The number of aromatic nitrogens is 2. The van der Waals surface area contributed by atoms with Crippen molar-refractivity contribution < 1.29 is 4.39 Å². The predicted molar refractivity (Wildman–Crippen MR) is 85.3 cm³/mol. The molecule has 0 bridgehead atoms. The molecule has 108 valence electrons. The molecule has 6 heteroatoms. The third-order valence-corrected chi connectivity index (χ3v) is 4.13. The van der Waals surface area contributed by atoms with E-state index < -0.39 is 5.82 Å². The first kappa shape index (κ1) is 14.6. The molecule has 1 aromatic heterocycles. The zero-order valence-corrected chi connectivity index (χ0v) is 13.3. The quantitative estimate of drug-likeness (QED) is 0.560. The number of halogens is 4. The molecule has 1 heterocycles. The number of hydrogen-bond donors (Lipinski definition) is 0. The third kappa shape index (κ3) is 2.39. The second-order valence-corrected chi connectivity index (χ2v) is 5.74. The molecule has 3 rings (SSSR count). The van der Waals surface area contributed by atoms with Crippen molar-refractivity contribution in [2.75, 3.05) is 0 Å². The van der Waals surface area contributed by atoms with Crippen LogP contribution >= 0.6 is 34.8 Å². The molecule has 0 atom stereocenters. The van der Waals surface area contributed by atoms with Gasteiger partial charge in [-0.05, 0) is 24.6 Å². The Morgan fingerprint density at radius 3 is 2.62 bits per heavy atom. The summed E-state index contributed by atoms with van der Waals surface area (Å²) in [5, 5.41) is 0.583. The summed E-state index contributed by atoms with van der Waals surface area (Å²) in [5.74, 6) is 0.263. The fourth-order valence-corrected chi connectivity index (χ4v) is 3.01. The summed E-state index contributed by atoms with van der Waals surface area (Å²) < 4.78 is 15.6. The van der Waals surface area contributed by atoms with Gasteiger partial charge < -0.3 is 0 Å². The Bertz CT molecular complexity index is 822. The Morgan fingerprint density at radius 1 is 1.19 bits per heavy atom. The Kier molecular flexibility index (Phi) is 3.82. The molecule has 0 amide bonds. The second kappa shape index (κ2) is 5.48. The molecule has 0 N–H and O–H groups in total. The highest BCUT2D eigenvalue weighted by Gasteiger charge is 2.17. The van der Waals surface area contributed by atoms with E-state index >= 15 is 0 Å². The number of aryl methyl sites for hydroxylation is 1. The van der Waals surface area contributed by atoms with Gasteiger partial charge in [-0.2, -0.15) is 0 Å². The maximum absolute atomic E-state index is 13.8. The van der Waals surface area contributed by atoms with E-state index in [0.29, 0.717) is 21.9 Å². The normalized spacial score (nSPS) is 11.3. The van der Waals surface area contributed by atoms with Gasteiger partial charge in [0.05, 0.1) is 32.6 Å². The lowest BCUT2D eigenvalue weighted by molar-refractivity contribution is 0.629. The molecule has 3 aromatic rings. The lowest BCUT2D eigenvalue weighted by Crippen LogP contribution is -2.02. The van der Waals surface area contributed by atoms with Crippen LogP contribution < -0.4 is 0 Å². The maximum Gasteiger partial charge on any atom is 0.144 e. The zero-order chi connectivity index (χ0) is 15.1. The van der Waals surface area contributed by atoms with Crippen molar-refractivity contribution in [3.8, 4) is 5.69 Å². The fourth-order valence-electron chi connectivity index (χ4n) is 2.37. The van der Waals surface area contributed by atoms with Crippen LogP contribution in [0.1, 0.15) is 11.4 Å². The van der Waals surface area contributed by atoms with Crippen molar-refractivity contribution in [3.63, 3.8) is 0 Å². The number of hydrogen-bond acceptors (Lipinski definition) is 1. The van der Waals surface area contributed by atoms with Crippen molar-refractivity contribution in [1.29, 1.82) is 0 Å². The van der Waals surface area contributed by atoms with E-state index in [-0.39, 0.29) is 10.9 Å². The maximum atomic E-state index is 13.8. The minimum Gasteiger partial charge on any atom is -0.293 e. The van der Waals surface area contributed by atoms with Crippen LogP contribution in [-0.4, -0.2) is 9.55 Å². The average Bonchev–Trinajstić information content (AvgIpc) is 2.77. The van der Waals surface area contributed by atoms with Gasteiger partial charge in [-0.1, -0.05) is 35.3 Å². The number of benzene rings is 2. The van der Waals surface area contributed by atoms with Crippen LogP contribution in [0.15, 0.2) is 30.3 Å². The third-order valence-electron chi connectivity index (χ3n) is 3.30. The molecule has 0 saturated heterocycles. The van der Waals surface area contributed by atoms with Crippen molar-refractivity contribution in [2.24, 2.45) is 0 Å². The number of para-hydroxylation sites is 1. The first-order valence-corrected chi connectivity index (χ1v) is 7.49. The number of imidazole rings is 1. The molecule has 0 aliphatic rings. The molecule has 2 nitrogen and oxygen atoms in total. The van der Waals surface area contributed by atoms with Crippen LogP contribution in [0.5, 0.6) is 0 Å². The van der Waals surface area contributed by atoms with Crippen LogP contribution in [0.2, 0.25) is 10.0 Å². The number of alkyl halides is 1. The SMILES string of the molecule is Cc1cccc(Cl)c1-n1c(CCl)nc2cc(Cl)c(F)cc21. The monoisotopic (exact) mass is 342 g/mol. The lowest BCUT2D eigenvalue weighted by atomic mass is 10.2. The summed E-state index contributed by atoms with van der Waals surface area (Å²) in [4.78, 5) is 4.41. The molecule has 0 spiro atoms.